The second kappa shape index (κ2) is 5.46. The highest BCUT2D eigenvalue weighted by Gasteiger charge is 2.16. The van der Waals surface area contributed by atoms with Gasteiger partial charge in [-0.05, 0) is 44.3 Å². The molecule has 0 saturated carbocycles. The van der Waals surface area contributed by atoms with Gasteiger partial charge in [-0.2, -0.15) is 0 Å². The zero-order valence-corrected chi connectivity index (χ0v) is 11.7. The molecule has 1 aromatic heterocycles. The van der Waals surface area contributed by atoms with Crippen LogP contribution in [0.5, 0.6) is 0 Å². The standard InChI is InChI=1S/C13H16N4OS/c1-13(2,7-18)17-12(19)16-10-3-4-11-9(5-10)6-14-8-15-11/h3-6,8,18H,7H2,1-2H3,(H2,16,17,19). The Hall–Kier alpha value is -1.79. The van der Waals surface area contributed by atoms with Gasteiger partial charge in [-0.25, -0.2) is 9.97 Å². The fourth-order valence-electron chi connectivity index (χ4n) is 1.57. The molecular formula is C13H16N4OS. The number of hydrogen-bond donors (Lipinski definition) is 3. The van der Waals surface area contributed by atoms with Gasteiger partial charge < -0.3 is 15.7 Å². The van der Waals surface area contributed by atoms with Crippen molar-refractivity contribution in [1.82, 2.24) is 15.3 Å². The molecule has 100 valence electrons. The first-order valence-corrected chi connectivity index (χ1v) is 6.31. The van der Waals surface area contributed by atoms with Crippen LogP contribution in [0.25, 0.3) is 10.9 Å². The average molecular weight is 276 g/mol. The lowest BCUT2D eigenvalue weighted by molar-refractivity contribution is 0.207. The highest BCUT2D eigenvalue weighted by atomic mass is 32.1. The molecule has 0 radical (unpaired) electrons. The van der Waals surface area contributed by atoms with E-state index in [4.69, 9.17) is 12.2 Å². The van der Waals surface area contributed by atoms with Crippen LogP contribution in [0.4, 0.5) is 5.69 Å². The first kappa shape index (κ1) is 13.6. The number of nitrogens with zero attached hydrogens (tertiary/aromatic N) is 2. The fraction of sp³-hybridized carbons (Fsp3) is 0.308. The van der Waals surface area contributed by atoms with Crippen molar-refractivity contribution >= 4 is 33.9 Å². The van der Waals surface area contributed by atoms with Gasteiger partial charge in [-0.3, -0.25) is 0 Å². The number of nitrogens with one attached hydrogen (secondary N) is 2. The van der Waals surface area contributed by atoms with E-state index in [1.807, 2.05) is 32.0 Å². The Labute approximate surface area is 117 Å². The number of benzene rings is 1. The summed E-state index contributed by atoms with van der Waals surface area (Å²) >= 11 is 5.21. The van der Waals surface area contributed by atoms with Gasteiger partial charge in [0.25, 0.3) is 0 Å². The molecule has 0 aliphatic carbocycles. The molecule has 0 fully saturated rings. The average Bonchev–Trinajstić information content (AvgIpc) is 2.38. The minimum absolute atomic E-state index is 0.000377. The predicted octanol–water partition coefficient (Wildman–Crippen LogP) is 1.69. The molecule has 19 heavy (non-hydrogen) atoms. The second-order valence-electron chi connectivity index (χ2n) is 4.92. The molecule has 0 saturated heterocycles. The molecule has 0 bridgehead atoms. The first-order chi connectivity index (χ1) is 9.00. The van der Waals surface area contributed by atoms with Crippen molar-refractivity contribution in [3.8, 4) is 0 Å². The predicted molar refractivity (Wildman–Crippen MR) is 80.1 cm³/mol. The summed E-state index contributed by atoms with van der Waals surface area (Å²) in [5, 5.41) is 16.7. The van der Waals surface area contributed by atoms with Crippen LogP contribution >= 0.6 is 12.2 Å². The Kier molecular flexibility index (Phi) is 3.92. The van der Waals surface area contributed by atoms with Crippen LogP contribution in [0.15, 0.2) is 30.7 Å². The van der Waals surface area contributed by atoms with E-state index in [1.165, 1.54) is 6.33 Å². The molecule has 0 aliphatic heterocycles. The van der Waals surface area contributed by atoms with Crippen LogP contribution in [0.1, 0.15) is 13.8 Å². The summed E-state index contributed by atoms with van der Waals surface area (Å²) in [6.45, 7) is 3.74. The van der Waals surface area contributed by atoms with Crippen molar-refractivity contribution in [2.45, 2.75) is 19.4 Å². The molecule has 0 spiro atoms. The van der Waals surface area contributed by atoms with E-state index in [0.717, 1.165) is 16.6 Å². The van der Waals surface area contributed by atoms with Gasteiger partial charge in [-0.1, -0.05) is 0 Å². The van der Waals surface area contributed by atoms with Gasteiger partial charge in [0.1, 0.15) is 6.33 Å². The third-order valence-electron chi connectivity index (χ3n) is 2.61. The zero-order chi connectivity index (χ0) is 13.9. The Bertz CT molecular complexity index is 600. The molecule has 6 heteroatoms. The lowest BCUT2D eigenvalue weighted by atomic mass is 10.1. The van der Waals surface area contributed by atoms with Crippen LogP contribution in [0.3, 0.4) is 0 Å². The number of fused-ring (bicyclic) bond motifs is 1. The Morgan fingerprint density at radius 2 is 2.21 bits per heavy atom. The number of rotatable bonds is 3. The SMILES string of the molecule is CC(C)(CO)NC(=S)Nc1ccc2ncncc2c1. The Morgan fingerprint density at radius 3 is 2.95 bits per heavy atom. The minimum atomic E-state index is -0.454. The number of aliphatic hydroxyl groups is 1. The summed E-state index contributed by atoms with van der Waals surface area (Å²) in [7, 11) is 0. The van der Waals surface area contributed by atoms with Gasteiger partial charge >= 0.3 is 0 Å². The third-order valence-corrected chi connectivity index (χ3v) is 2.81. The summed E-state index contributed by atoms with van der Waals surface area (Å²) in [5.74, 6) is 0. The maximum Gasteiger partial charge on any atom is 0.171 e. The summed E-state index contributed by atoms with van der Waals surface area (Å²) in [4.78, 5) is 8.14. The molecule has 5 nitrogen and oxygen atoms in total. The lowest BCUT2D eigenvalue weighted by Crippen LogP contribution is -2.47. The molecule has 0 atom stereocenters. The van der Waals surface area contributed by atoms with Crippen LogP contribution < -0.4 is 10.6 Å². The highest BCUT2D eigenvalue weighted by Crippen LogP contribution is 2.16. The minimum Gasteiger partial charge on any atom is -0.394 e. The monoisotopic (exact) mass is 276 g/mol. The number of aliphatic hydroxyl groups excluding tert-OH is 1. The highest BCUT2D eigenvalue weighted by molar-refractivity contribution is 7.80. The van der Waals surface area contributed by atoms with Crippen LogP contribution in [0.2, 0.25) is 0 Å². The van der Waals surface area contributed by atoms with Crippen LogP contribution in [-0.4, -0.2) is 32.3 Å². The molecule has 1 aromatic carbocycles. The normalized spacial score (nSPS) is 11.3. The lowest BCUT2D eigenvalue weighted by Gasteiger charge is -2.25. The number of aromatic nitrogens is 2. The largest absolute Gasteiger partial charge is 0.394 e. The Morgan fingerprint density at radius 1 is 1.42 bits per heavy atom. The maximum atomic E-state index is 9.18. The van der Waals surface area contributed by atoms with Crippen LogP contribution in [-0.2, 0) is 0 Å². The van der Waals surface area contributed by atoms with Gasteiger partial charge in [-0.15, -0.1) is 0 Å². The molecule has 2 rings (SSSR count). The van der Waals surface area contributed by atoms with Gasteiger partial charge in [0.2, 0.25) is 0 Å². The quantitative estimate of drug-likeness (QED) is 0.741. The number of hydrogen-bond acceptors (Lipinski definition) is 4. The van der Waals surface area contributed by atoms with Gasteiger partial charge in [0.15, 0.2) is 5.11 Å². The summed E-state index contributed by atoms with van der Waals surface area (Å²) in [6, 6.07) is 5.73. The Balaban J connectivity index is 2.11. The van der Waals surface area contributed by atoms with E-state index in [-0.39, 0.29) is 6.61 Å². The van der Waals surface area contributed by atoms with Crippen LogP contribution in [0, 0.1) is 0 Å². The van der Waals surface area contributed by atoms with Crippen molar-refractivity contribution in [3.05, 3.63) is 30.7 Å². The van der Waals surface area contributed by atoms with Gasteiger partial charge in [0, 0.05) is 17.3 Å². The topological polar surface area (TPSA) is 70.1 Å². The smallest absolute Gasteiger partial charge is 0.171 e. The van der Waals surface area contributed by atoms with E-state index in [2.05, 4.69) is 20.6 Å². The molecule has 0 aliphatic rings. The molecule has 1 heterocycles. The molecule has 0 unspecified atom stereocenters. The molecule has 2 aromatic rings. The second-order valence-corrected chi connectivity index (χ2v) is 5.33. The summed E-state index contributed by atoms with van der Waals surface area (Å²) < 4.78 is 0. The van der Waals surface area contributed by atoms with Crippen molar-refractivity contribution < 1.29 is 5.11 Å². The van der Waals surface area contributed by atoms with E-state index < -0.39 is 5.54 Å². The number of thiocarbonyl (C=S) groups is 1. The van der Waals surface area contributed by atoms with Crippen molar-refractivity contribution in [1.29, 1.82) is 0 Å². The van der Waals surface area contributed by atoms with Crippen molar-refractivity contribution in [2.24, 2.45) is 0 Å². The summed E-state index contributed by atoms with van der Waals surface area (Å²) in [5.41, 5.74) is 1.29. The third kappa shape index (κ3) is 3.59. The molecule has 0 amide bonds. The number of anilines is 1. The van der Waals surface area contributed by atoms with Gasteiger partial charge in [0.05, 0.1) is 17.7 Å². The van der Waals surface area contributed by atoms with E-state index in [0.29, 0.717) is 5.11 Å². The van der Waals surface area contributed by atoms with E-state index >= 15 is 0 Å². The van der Waals surface area contributed by atoms with Crippen molar-refractivity contribution in [2.75, 3.05) is 11.9 Å². The zero-order valence-electron chi connectivity index (χ0n) is 10.8. The fourth-order valence-corrected chi connectivity index (χ4v) is 1.97. The molecular weight excluding hydrogens is 260 g/mol. The van der Waals surface area contributed by atoms with Crippen molar-refractivity contribution in [3.63, 3.8) is 0 Å². The molecule has 3 N–H and O–H groups in total. The van der Waals surface area contributed by atoms with E-state index in [1.54, 1.807) is 6.20 Å². The summed E-state index contributed by atoms with van der Waals surface area (Å²) in [6.07, 6.45) is 3.27. The first-order valence-electron chi connectivity index (χ1n) is 5.90. The maximum absolute atomic E-state index is 9.18. The van der Waals surface area contributed by atoms with E-state index in [9.17, 15) is 5.11 Å².